The first-order valence-electron chi connectivity index (χ1n) is 5.71. The molecule has 3 N–H and O–H groups in total. The third-order valence-electron chi connectivity index (χ3n) is 2.47. The summed E-state index contributed by atoms with van der Waals surface area (Å²) in [6, 6.07) is 13.0. The summed E-state index contributed by atoms with van der Waals surface area (Å²) < 4.78 is 1.07. The predicted octanol–water partition coefficient (Wildman–Crippen LogP) is 3.63. The fourth-order valence-electron chi connectivity index (χ4n) is 1.56. The number of carboxylic acid groups (broad SMARTS) is 1. The molecule has 20 heavy (non-hydrogen) atoms. The summed E-state index contributed by atoms with van der Waals surface area (Å²) in [4.78, 5) is 22.6. The van der Waals surface area contributed by atoms with Crippen molar-refractivity contribution in [1.29, 1.82) is 0 Å². The normalized spacial score (nSPS) is 9.85. The highest BCUT2D eigenvalue weighted by molar-refractivity contribution is 14.1. The Kier molecular flexibility index (Phi) is 4.57. The van der Waals surface area contributed by atoms with Crippen LogP contribution in [0.2, 0.25) is 0 Å². The molecule has 0 heterocycles. The molecule has 0 aliphatic heterocycles. The zero-order valence-corrected chi connectivity index (χ0v) is 12.4. The fraction of sp³-hybridized carbons (Fsp3) is 0. The molecule has 6 heteroatoms. The molecule has 2 aromatic rings. The second-order valence-corrected chi connectivity index (χ2v) is 5.22. The molecule has 0 fully saturated rings. The summed E-state index contributed by atoms with van der Waals surface area (Å²) in [5, 5.41) is 14.1. The van der Waals surface area contributed by atoms with Gasteiger partial charge >= 0.3 is 12.0 Å². The molecule has 0 saturated carbocycles. The maximum absolute atomic E-state index is 11.8. The van der Waals surface area contributed by atoms with E-state index in [4.69, 9.17) is 5.11 Å². The van der Waals surface area contributed by atoms with Gasteiger partial charge in [-0.3, -0.25) is 0 Å². The molecule has 2 rings (SSSR count). The average Bonchev–Trinajstić information content (AvgIpc) is 2.41. The minimum absolute atomic E-state index is 0.122. The molecule has 0 aromatic heterocycles. The first-order valence-corrected chi connectivity index (χ1v) is 6.79. The molecule has 0 aliphatic carbocycles. The van der Waals surface area contributed by atoms with E-state index in [0.717, 1.165) is 3.57 Å². The second kappa shape index (κ2) is 6.38. The van der Waals surface area contributed by atoms with Crippen molar-refractivity contribution < 1.29 is 14.7 Å². The lowest BCUT2D eigenvalue weighted by molar-refractivity contribution is 0.0697. The Morgan fingerprint density at radius 2 is 1.60 bits per heavy atom. The maximum atomic E-state index is 11.8. The first-order chi connectivity index (χ1) is 9.54. The molecule has 2 aromatic carbocycles. The fourth-order valence-corrected chi connectivity index (χ4v) is 1.92. The summed E-state index contributed by atoms with van der Waals surface area (Å²) in [5.74, 6) is -1.04. The number of carboxylic acids is 1. The topological polar surface area (TPSA) is 78.4 Å². The van der Waals surface area contributed by atoms with Crippen LogP contribution in [0.5, 0.6) is 0 Å². The van der Waals surface area contributed by atoms with Crippen molar-refractivity contribution in [2.45, 2.75) is 0 Å². The minimum Gasteiger partial charge on any atom is -0.478 e. The number of aromatic carboxylic acids is 1. The zero-order valence-electron chi connectivity index (χ0n) is 10.3. The summed E-state index contributed by atoms with van der Waals surface area (Å²) in [5.41, 5.74) is 1.21. The Morgan fingerprint density at radius 1 is 0.950 bits per heavy atom. The molecule has 0 atom stereocenters. The van der Waals surface area contributed by atoms with Gasteiger partial charge in [0, 0.05) is 14.9 Å². The van der Waals surface area contributed by atoms with E-state index in [1.165, 1.54) is 12.1 Å². The van der Waals surface area contributed by atoms with Crippen LogP contribution >= 0.6 is 22.6 Å². The Balaban J connectivity index is 2.02. The zero-order chi connectivity index (χ0) is 14.5. The number of halogens is 1. The van der Waals surface area contributed by atoms with Gasteiger partial charge in [-0.15, -0.1) is 0 Å². The number of hydrogen-bond donors (Lipinski definition) is 3. The second-order valence-electron chi connectivity index (χ2n) is 3.97. The van der Waals surface area contributed by atoms with Crippen LogP contribution in [0.1, 0.15) is 10.4 Å². The van der Waals surface area contributed by atoms with Crippen molar-refractivity contribution in [2.75, 3.05) is 10.6 Å². The standard InChI is InChI=1S/C14H11IN2O3/c15-10-4-6-11(7-5-10)16-14(20)17-12-3-1-2-9(8-12)13(18)19/h1-8H,(H,18,19)(H2,16,17,20). The van der Waals surface area contributed by atoms with Crippen molar-refractivity contribution in [2.24, 2.45) is 0 Å². The molecule has 0 bridgehead atoms. The highest BCUT2D eigenvalue weighted by Crippen LogP contribution is 2.13. The van der Waals surface area contributed by atoms with Crippen molar-refractivity contribution in [3.63, 3.8) is 0 Å². The summed E-state index contributed by atoms with van der Waals surface area (Å²) in [7, 11) is 0. The van der Waals surface area contributed by atoms with E-state index in [1.54, 1.807) is 24.3 Å². The minimum atomic E-state index is -1.04. The molecule has 0 unspecified atom stereocenters. The van der Waals surface area contributed by atoms with Crippen LogP contribution in [0.25, 0.3) is 0 Å². The van der Waals surface area contributed by atoms with E-state index < -0.39 is 12.0 Å². The molecule has 0 aliphatic rings. The third kappa shape index (κ3) is 3.95. The van der Waals surface area contributed by atoms with E-state index in [1.807, 2.05) is 12.1 Å². The van der Waals surface area contributed by atoms with Gasteiger partial charge in [0.05, 0.1) is 5.56 Å². The molecule has 0 radical (unpaired) electrons. The quantitative estimate of drug-likeness (QED) is 0.710. The number of amides is 2. The monoisotopic (exact) mass is 382 g/mol. The van der Waals surface area contributed by atoms with Gasteiger partial charge in [-0.2, -0.15) is 0 Å². The molecular weight excluding hydrogens is 371 g/mol. The van der Waals surface area contributed by atoms with Gasteiger partial charge in [0.15, 0.2) is 0 Å². The smallest absolute Gasteiger partial charge is 0.335 e. The number of carbonyl (C=O) groups is 2. The Hall–Kier alpha value is -2.09. The Morgan fingerprint density at radius 3 is 2.25 bits per heavy atom. The number of benzene rings is 2. The number of carbonyl (C=O) groups excluding carboxylic acids is 1. The summed E-state index contributed by atoms with van der Waals surface area (Å²) >= 11 is 2.17. The highest BCUT2D eigenvalue weighted by atomic mass is 127. The number of rotatable bonds is 3. The molecular formula is C14H11IN2O3. The van der Waals surface area contributed by atoms with Crippen LogP contribution in [-0.2, 0) is 0 Å². The first kappa shape index (κ1) is 14.3. The van der Waals surface area contributed by atoms with Gasteiger partial charge in [0.25, 0.3) is 0 Å². The van der Waals surface area contributed by atoms with Crippen LogP contribution in [0.15, 0.2) is 48.5 Å². The Labute approximate surface area is 129 Å². The van der Waals surface area contributed by atoms with Crippen LogP contribution in [0, 0.1) is 3.57 Å². The van der Waals surface area contributed by atoms with Gasteiger partial charge < -0.3 is 15.7 Å². The van der Waals surface area contributed by atoms with Gasteiger partial charge in [-0.05, 0) is 65.1 Å². The van der Waals surface area contributed by atoms with E-state index in [9.17, 15) is 9.59 Å². The van der Waals surface area contributed by atoms with Crippen molar-refractivity contribution in [1.82, 2.24) is 0 Å². The summed E-state index contributed by atoms with van der Waals surface area (Å²) in [6.45, 7) is 0. The van der Waals surface area contributed by atoms with Gasteiger partial charge in [-0.25, -0.2) is 9.59 Å². The predicted molar refractivity (Wildman–Crippen MR) is 85.2 cm³/mol. The third-order valence-corrected chi connectivity index (χ3v) is 3.19. The molecule has 2 amide bonds. The maximum Gasteiger partial charge on any atom is 0.335 e. The van der Waals surface area contributed by atoms with Crippen LogP contribution in [0.4, 0.5) is 16.2 Å². The number of anilines is 2. The van der Waals surface area contributed by atoms with E-state index in [-0.39, 0.29) is 5.56 Å². The largest absolute Gasteiger partial charge is 0.478 e. The van der Waals surface area contributed by atoms with Gasteiger partial charge in [-0.1, -0.05) is 6.07 Å². The molecule has 102 valence electrons. The van der Waals surface area contributed by atoms with Crippen LogP contribution < -0.4 is 10.6 Å². The molecule has 0 spiro atoms. The van der Waals surface area contributed by atoms with Crippen LogP contribution in [-0.4, -0.2) is 17.1 Å². The van der Waals surface area contributed by atoms with E-state index in [2.05, 4.69) is 33.2 Å². The van der Waals surface area contributed by atoms with E-state index >= 15 is 0 Å². The van der Waals surface area contributed by atoms with Gasteiger partial charge in [0.2, 0.25) is 0 Å². The van der Waals surface area contributed by atoms with Crippen molar-refractivity contribution >= 4 is 46.0 Å². The SMILES string of the molecule is O=C(Nc1ccc(I)cc1)Nc1cccc(C(=O)O)c1. The molecule has 0 saturated heterocycles. The van der Waals surface area contributed by atoms with Crippen molar-refractivity contribution in [3.05, 3.63) is 57.7 Å². The lowest BCUT2D eigenvalue weighted by Gasteiger charge is -2.08. The number of urea groups is 1. The number of hydrogen-bond acceptors (Lipinski definition) is 2. The van der Waals surface area contributed by atoms with E-state index in [0.29, 0.717) is 11.4 Å². The average molecular weight is 382 g/mol. The number of nitrogens with one attached hydrogen (secondary N) is 2. The molecule has 5 nitrogen and oxygen atoms in total. The van der Waals surface area contributed by atoms with Crippen molar-refractivity contribution in [3.8, 4) is 0 Å². The Bertz CT molecular complexity index is 641. The van der Waals surface area contributed by atoms with Gasteiger partial charge in [0.1, 0.15) is 0 Å². The lowest BCUT2D eigenvalue weighted by atomic mass is 10.2. The van der Waals surface area contributed by atoms with Crippen LogP contribution in [0.3, 0.4) is 0 Å². The highest BCUT2D eigenvalue weighted by Gasteiger charge is 2.06. The lowest BCUT2D eigenvalue weighted by Crippen LogP contribution is -2.19. The summed E-state index contributed by atoms with van der Waals surface area (Å²) in [6.07, 6.45) is 0.